The minimum absolute atomic E-state index is 0.0113. The van der Waals surface area contributed by atoms with Crippen LogP contribution >= 0.6 is 0 Å². The number of aliphatic hydroxyl groups excluding tert-OH is 2. The number of carboxylic acids is 1. The van der Waals surface area contributed by atoms with E-state index in [4.69, 9.17) is 0 Å². The zero-order chi connectivity index (χ0) is 25.8. The molecule has 0 aliphatic heterocycles. The van der Waals surface area contributed by atoms with Crippen molar-refractivity contribution >= 4 is 11.8 Å². The molecule has 4 saturated carbocycles. The second-order valence-corrected chi connectivity index (χ2v) is 14.7. The highest BCUT2D eigenvalue weighted by atomic mass is 16.4. The lowest BCUT2D eigenvalue weighted by Crippen LogP contribution is -2.66. The monoisotopic (exact) mass is 486 g/mol. The van der Waals surface area contributed by atoms with Crippen molar-refractivity contribution in [3.05, 3.63) is 11.6 Å². The van der Waals surface area contributed by atoms with Gasteiger partial charge in [-0.2, -0.15) is 0 Å². The molecule has 0 saturated heterocycles. The van der Waals surface area contributed by atoms with Gasteiger partial charge in [-0.3, -0.25) is 9.59 Å². The number of hydrogen-bond acceptors (Lipinski definition) is 4. The van der Waals surface area contributed by atoms with Crippen molar-refractivity contribution in [1.82, 2.24) is 0 Å². The van der Waals surface area contributed by atoms with Gasteiger partial charge in [-0.15, -0.1) is 0 Å². The summed E-state index contributed by atoms with van der Waals surface area (Å²) in [7, 11) is 0. The Hall–Kier alpha value is -1.20. The van der Waals surface area contributed by atoms with Gasteiger partial charge in [0.05, 0.1) is 18.1 Å². The van der Waals surface area contributed by atoms with Gasteiger partial charge < -0.3 is 15.3 Å². The van der Waals surface area contributed by atoms with Crippen LogP contribution in [0, 0.1) is 50.2 Å². The quantitative estimate of drug-likeness (QED) is 0.455. The Balaban J connectivity index is 1.59. The molecule has 0 amide bonds. The van der Waals surface area contributed by atoms with Crippen molar-refractivity contribution in [1.29, 1.82) is 0 Å². The average Bonchev–Trinajstić information content (AvgIpc) is 2.79. The first kappa shape index (κ1) is 25.4. The maximum absolute atomic E-state index is 13.4. The van der Waals surface area contributed by atoms with Crippen LogP contribution in [0.1, 0.15) is 99.3 Å². The van der Waals surface area contributed by atoms with Crippen molar-refractivity contribution in [2.24, 2.45) is 50.2 Å². The molecule has 5 rings (SSSR count). The van der Waals surface area contributed by atoms with Crippen molar-refractivity contribution in [2.45, 2.75) is 105 Å². The number of carbonyl (C=O) groups is 2. The molecule has 196 valence electrons. The number of ketones is 1. The maximum atomic E-state index is 13.4. The predicted octanol–water partition coefficient (Wildman–Crippen LogP) is 5.39. The number of carboxylic acid groups (broad SMARTS) is 1. The lowest BCUT2D eigenvalue weighted by atomic mass is 9.33. The van der Waals surface area contributed by atoms with Crippen LogP contribution in [0.2, 0.25) is 0 Å². The second-order valence-electron chi connectivity index (χ2n) is 14.7. The number of aliphatic carboxylic acids is 1. The van der Waals surface area contributed by atoms with E-state index in [2.05, 4.69) is 40.7 Å². The number of hydrogen-bond donors (Lipinski definition) is 3. The molecule has 5 aliphatic rings. The number of rotatable bonds is 2. The van der Waals surface area contributed by atoms with E-state index in [9.17, 15) is 24.9 Å². The summed E-state index contributed by atoms with van der Waals surface area (Å²) < 4.78 is 0. The highest BCUT2D eigenvalue weighted by Crippen LogP contribution is 2.75. The molecule has 4 fully saturated rings. The van der Waals surface area contributed by atoms with E-state index in [-0.39, 0.29) is 46.9 Å². The zero-order valence-electron chi connectivity index (χ0n) is 22.6. The Bertz CT molecular complexity index is 987. The Kier molecular flexibility index (Phi) is 5.40. The zero-order valence-corrected chi connectivity index (χ0v) is 22.6. The van der Waals surface area contributed by atoms with Crippen LogP contribution in [-0.4, -0.2) is 39.8 Å². The van der Waals surface area contributed by atoms with Gasteiger partial charge in [0.25, 0.3) is 0 Å². The van der Waals surface area contributed by atoms with E-state index >= 15 is 0 Å². The van der Waals surface area contributed by atoms with Crippen LogP contribution in [0.25, 0.3) is 0 Å². The molecule has 0 bridgehead atoms. The summed E-state index contributed by atoms with van der Waals surface area (Å²) in [6.07, 6.45) is 9.13. The molecule has 0 aromatic heterocycles. The minimum Gasteiger partial charge on any atom is -0.481 e. The number of allylic oxidation sites excluding steroid dienone is 2. The lowest BCUT2D eigenvalue weighted by Gasteiger charge is -2.71. The van der Waals surface area contributed by atoms with Gasteiger partial charge in [-0.1, -0.05) is 46.3 Å². The normalized spacial score (nSPS) is 55.7. The molecular weight excluding hydrogens is 440 g/mol. The molecule has 5 heteroatoms. The molecule has 5 nitrogen and oxygen atoms in total. The largest absolute Gasteiger partial charge is 0.481 e. The molecule has 10 atom stereocenters. The van der Waals surface area contributed by atoms with E-state index in [0.717, 1.165) is 44.9 Å². The Morgan fingerprint density at radius 3 is 2.31 bits per heavy atom. The Morgan fingerprint density at radius 1 is 1.00 bits per heavy atom. The number of carbonyl (C=O) groups excluding carboxylic acids is 1. The molecule has 0 spiro atoms. The standard InChI is InChI=1S/C30H46O5/c1-25(24(34)35)15-19-18-7-8-21-27(3)11-10-22(32)28(4,17-31)20(27)9-12-30(21,6)29(18,5)14-13-26(19,2)23(33)16-25/h7,19-22,31-32H,8-17H2,1-6H3,(H,34,35)/t19-,20?,21-,22+,25?,26-,27+,28-,29-,30-/m1/s1. The van der Waals surface area contributed by atoms with Gasteiger partial charge in [0.1, 0.15) is 5.78 Å². The van der Waals surface area contributed by atoms with Crippen LogP contribution < -0.4 is 0 Å². The summed E-state index contributed by atoms with van der Waals surface area (Å²) in [4.78, 5) is 25.7. The third-order valence-electron chi connectivity index (χ3n) is 13.3. The summed E-state index contributed by atoms with van der Waals surface area (Å²) in [6.45, 7) is 13.3. The van der Waals surface area contributed by atoms with Gasteiger partial charge >= 0.3 is 5.97 Å². The molecule has 0 radical (unpaired) electrons. The van der Waals surface area contributed by atoms with E-state index < -0.39 is 28.3 Å². The van der Waals surface area contributed by atoms with E-state index in [0.29, 0.717) is 12.3 Å². The summed E-state index contributed by atoms with van der Waals surface area (Å²) in [5.41, 5.74) is -0.566. The van der Waals surface area contributed by atoms with Crippen LogP contribution in [0.5, 0.6) is 0 Å². The Morgan fingerprint density at radius 2 is 1.69 bits per heavy atom. The highest BCUT2D eigenvalue weighted by molar-refractivity contribution is 5.92. The van der Waals surface area contributed by atoms with E-state index in [1.165, 1.54) is 5.57 Å². The first-order valence-corrected chi connectivity index (χ1v) is 13.9. The fourth-order valence-corrected chi connectivity index (χ4v) is 10.5. The Labute approximate surface area is 210 Å². The van der Waals surface area contributed by atoms with Gasteiger partial charge in [0, 0.05) is 17.3 Å². The number of Topliss-reactive ketones (excluding diaryl/α,β-unsaturated/α-hetero) is 1. The molecular formula is C30H46O5. The molecule has 0 heterocycles. The van der Waals surface area contributed by atoms with Gasteiger partial charge in [0.15, 0.2) is 0 Å². The summed E-state index contributed by atoms with van der Waals surface area (Å²) in [6, 6.07) is 0. The van der Waals surface area contributed by atoms with Crippen LogP contribution in [-0.2, 0) is 9.59 Å². The van der Waals surface area contributed by atoms with Crippen LogP contribution in [0.3, 0.4) is 0 Å². The van der Waals surface area contributed by atoms with Gasteiger partial charge in [-0.05, 0) is 92.3 Å². The van der Waals surface area contributed by atoms with E-state index in [1.807, 2.05) is 0 Å². The van der Waals surface area contributed by atoms with Gasteiger partial charge in [0.2, 0.25) is 0 Å². The number of fused-ring (bicyclic) bond motifs is 7. The maximum Gasteiger partial charge on any atom is 0.309 e. The third kappa shape index (κ3) is 2.94. The van der Waals surface area contributed by atoms with Crippen molar-refractivity contribution < 1.29 is 24.9 Å². The number of aliphatic hydroxyl groups is 2. The van der Waals surface area contributed by atoms with Crippen LogP contribution in [0.4, 0.5) is 0 Å². The molecule has 0 aromatic carbocycles. The second kappa shape index (κ2) is 7.43. The summed E-state index contributed by atoms with van der Waals surface area (Å²) >= 11 is 0. The predicted molar refractivity (Wildman–Crippen MR) is 134 cm³/mol. The van der Waals surface area contributed by atoms with E-state index in [1.54, 1.807) is 6.92 Å². The fourth-order valence-electron chi connectivity index (χ4n) is 10.5. The molecule has 2 unspecified atom stereocenters. The molecule has 35 heavy (non-hydrogen) atoms. The molecule has 5 aliphatic carbocycles. The SMILES string of the molecule is CC1(C(=O)O)CC(=O)[C@]2(C)CC[C@]3(C)C(=CC[C@@H]4[C@@]5(C)CC[C@H](O)[C@](C)(CO)C5CC[C@]43C)[C@H]2C1. The average molecular weight is 487 g/mol. The summed E-state index contributed by atoms with van der Waals surface area (Å²) in [5.74, 6) is -0.0127. The highest BCUT2D eigenvalue weighted by Gasteiger charge is 2.69. The lowest BCUT2D eigenvalue weighted by molar-refractivity contribution is -0.215. The van der Waals surface area contributed by atoms with Gasteiger partial charge in [-0.25, -0.2) is 0 Å². The molecule has 0 aromatic rings. The van der Waals surface area contributed by atoms with Crippen molar-refractivity contribution in [3.8, 4) is 0 Å². The van der Waals surface area contributed by atoms with Crippen molar-refractivity contribution in [3.63, 3.8) is 0 Å². The summed E-state index contributed by atoms with van der Waals surface area (Å²) in [5, 5.41) is 31.3. The minimum atomic E-state index is -0.996. The third-order valence-corrected chi connectivity index (χ3v) is 13.3. The smallest absolute Gasteiger partial charge is 0.309 e. The molecule has 3 N–H and O–H groups in total. The topological polar surface area (TPSA) is 94.8 Å². The van der Waals surface area contributed by atoms with Crippen molar-refractivity contribution in [2.75, 3.05) is 6.61 Å². The fraction of sp³-hybridized carbons (Fsp3) is 0.867. The first-order chi connectivity index (χ1) is 16.1. The van der Waals surface area contributed by atoms with Crippen LogP contribution in [0.15, 0.2) is 11.6 Å². The first-order valence-electron chi connectivity index (χ1n) is 13.9.